The van der Waals surface area contributed by atoms with Crippen LogP contribution in [-0.4, -0.2) is 24.3 Å². The van der Waals surface area contributed by atoms with Crippen molar-refractivity contribution in [3.63, 3.8) is 0 Å². The zero-order valence-corrected chi connectivity index (χ0v) is 14.3. The first-order valence-electron chi connectivity index (χ1n) is 8.33. The number of hydrogen-bond donors (Lipinski definition) is 2. The van der Waals surface area contributed by atoms with Crippen molar-refractivity contribution in [2.45, 2.75) is 5.54 Å². The van der Waals surface area contributed by atoms with Gasteiger partial charge in [-0.05, 0) is 24.3 Å². The van der Waals surface area contributed by atoms with Gasteiger partial charge in [0.15, 0.2) is 0 Å². The van der Waals surface area contributed by atoms with Crippen molar-refractivity contribution < 1.29 is 14.4 Å². The first-order valence-corrected chi connectivity index (χ1v) is 8.71. The Morgan fingerprint density at radius 1 is 1.04 bits per heavy atom. The Balaban J connectivity index is 1.64. The van der Waals surface area contributed by atoms with E-state index in [1.54, 1.807) is 30.3 Å². The number of carbonyl (C=O) groups is 3. The lowest BCUT2D eigenvalue weighted by Gasteiger charge is -2.28. The van der Waals surface area contributed by atoms with E-state index in [1.165, 1.54) is 0 Å². The fourth-order valence-electron chi connectivity index (χ4n) is 4.43. The number of benzene rings is 2. The number of amides is 3. The van der Waals surface area contributed by atoms with Crippen LogP contribution in [0.4, 0.5) is 11.4 Å². The summed E-state index contributed by atoms with van der Waals surface area (Å²) in [4.78, 5) is 40.3. The molecule has 2 aromatic rings. The van der Waals surface area contributed by atoms with Crippen LogP contribution >= 0.6 is 11.6 Å². The third-order valence-electron chi connectivity index (χ3n) is 5.52. The summed E-state index contributed by atoms with van der Waals surface area (Å²) in [6.45, 7) is 0.272. The molecule has 7 heteroatoms. The molecule has 0 saturated carbocycles. The summed E-state index contributed by atoms with van der Waals surface area (Å²) in [6.07, 6.45) is 0. The highest BCUT2D eigenvalue weighted by atomic mass is 35.5. The quantitative estimate of drug-likeness (QED) is 0.754. The Labute approximate surface area is 154 Å². The van der Waals surface area contributed by atoms with Crippen molar-refractivity contribution in [2.75, 3.05) is 16.8 Å². The van der Waals surface area contributed by atoms with Crippen LogP contribution in [-0.2, 0) is 19.9 Å². The standard InChI is InChI=1S/C19H14ClN3O3/c20-10-4-3-5-11(8-10)23-16(24)12-9-21-19(15(12)17(23)25)13-6-1-2-7-14(13)22-18(19)26/h1-8,12,15,21H,9H2,(H,22,26)/t12-,15+,19-/m1/s1. The van der Waals surface area contributed by atoms with E-state index in [2.05, 4.69) is 10.6 Å². The molecule has 2 N–H and O–H groups in total. The van der Waals surface area contributed by atoms with Gasteiger partial charge < -0.3 is 5.32 Å². The van der Waals surface area contributed by atoms with Crippen LogP contribution in [0, 0.1) is 11.8 Å². The minimum absolute atomic E-state index is 0.272. The number of anilines is 2. The number of hydrogen-bond acceptors (Lipinski definition) is 4. The average Bonchev–Trinajstić information content (AvgIpc) is 3.23. The summed E-state index contributed by atoms with van der Waals surface area (Å²) in [6, 6.07) is 13.9. The second-order valence-electron chi connectivity index (χ2n) is 6.76. The third kappa shape index (κ3) is 1.78. The molecule has 130 valence electrons. The zero-order valence-electron chi connectivity index (χ0n) is 13.5. The number of nitrogens with one attached hydrogen (secondary N) is 2. The number of imide groups is 1. The molecule has 3 aliphatic rings. The number of para-hydroxylation sites is 1. The SMILES string of the molecule is O=C1[C@@H]2[C@@H](CN[C@@]23C(=O)Nc2ccccc23)C(=O)N1c1cccc(Cl)c1. The van der Waals surface area contributed by atoms with Crippen molar-refractivity contribution >= 4 is 40.7 Å². The lowest BCUT2D eigenvalue weighted by Crippen LogP contribution is -2.51. The Kier molecular flexibility index (Phi) is 3.08. The van der Waals surface area contributed by atoms with Crippen LogP contribution in [0.5, 0.6) is 0 Å². The van der Waals surface area contributed by atoms with Gasteiger partial charge in [0.2, 0.25) is 17.7 Å². The topological polar surface area (TPSA) is 78.5 Å². The van der Waals surface area contributed by atoms with Crippen molar-refractivity contribution in [1.82, 2.24) is 5.32 Å². The van der Waals surface area contributed by atoms with E-state index in [0.717, 1.165) is 4.90 Å². The van der Waals surface area contributed by atoms with E-state index >= 15 is 0 Å². The molecule has 0 bridgehead atoms. The van der Waals surface area contributed by atoms with Crippen LogP contribution in [0.2, 0.25) is 5.02 Å². The lowest BCUT2D eigenvalue weighted by molar-refractivity contribution is -0.130. The highest BCUT2D eigenvalue weighted by molar-refractivity contribution is 6.31. The van der Waals surface area contributed by atoms with Gasteiger partial charge in [0, 0.05) is 22.8 Å². The maximum Gasteiger partial charge on any atom is 0.250 e. The first-order chi connectivity index (χ1) is 12.5. The molecule has 3 heterocycles. The molecule has 3 amide bonds. The molecule has 2 fully saturated rings. The highest BCUT2D eigenvalue weighted by Gasteiger charge is 2.67. The maximum absolute atomic E-state index is 13.3. The highest BCUT2D eigenvalue weighted by Crippen LogP contribution is 2.51. The van der Waals surface area contributed by atoms with Gasteiger partial charge in [-0.15, -0.1) is 0 Å². The van der Waals surface area contributed by atoms with Gasteiger partial charge >= 0.3 is 0 Å². The van der Waals surface area contributed by atoms with Gasteiger partial charge in [-0.25, -0.2) is 4.90 Å². The summed E-state index contributed by atoms with van der Waals surface area (Å²) in [7, 11) is 0. The van der Waals surface area contributed by atoms with Gasteiger partial charge in [0.05, 0.1) is 17.5 Å². The predicted molar refractivity (Wildman–Crippen MR) is 95.7 cm³/mol. The Hall–Kier alpha value is -2.70. The molecule has 0 aromatic heterocycles. The number of nitrogens with zero attached hydrogens (tertiary/aromatic N) is 1. The Morgan fingerprint density at radius 2 is 1.85 bits per heavy atom. The van der Waals surface area contributed by atoms with E-state index in [9.17, 15) is 14.4 Å². The van der Waals surface area contributed by atoms with Crippen LogP contribution < -0.4 is 15.5 Å². The third-order valence-corrected chi connectivity index (χ3v) is 5.75. The zero-order chi connectivity index (χ0) is 18.1. The summed E-state index contributed by atoms with van der Waals surface area (Å²) in [5, 5.41) is 6.46. The predicted octanol–water partition coefficient (Wildman–Crippen LogP) is 1.90. The number of rotatable bonds is 1. The van der Waals surface area contributed by atoms with E-state index in [1.807, 2.05) is 18.2 Å². The fourth-order valence-corrected chi connectivity index (χ4v) is 4.62. The number of carbonyl (C=O) groups excluding carboxylic acids is 3. The van der Waals surface area contributed by atoms with Crippen molar-refractivity contribution in [3.8, 4) is 0 Å². The van der Waals surface area contributed by atoms with Crippen LogP contribution in [0.1, 0.15) is 5.56 Å². The fraction of sp³-hybridized carbons (Fsp3) is 0.211. The second kappa shape index (κ2) is 5.16. The second-order valence-corrected chi connectivity index (χ2v) is 7.20. The molecule has 26 heavy (non-hydrogen) atoms. The lowest BCUT2D eigenvalue weighted by atomic mass is 9.77. The Bertz CT molecular complexity index is 991. The maximum atomic E-state index is 13.3. The molecular formula is C19H14ClN3O3. The summed E-state index contributed by atoms with van der Waals surface area (Å²) < 4.78 is 0. The molecule has 2 saturated heterocycles. The summed E-state index contributed by atoms with van der Waals surface area (Å²) in [5.41, 5.74) is 0.615. The minimum atomic E-state index is -1.21. The summed E-state index contributed by atoms with van der Waals surface area (Å²) in [5.74, 6) is -2.33. The smallest absolute Gasteiger partial charge is 0.250 e. The van der Waals surface area contributed by atoms with Gasteiger partial charge in [0.1, 0.15) is 5.54 Å². The molecule has 5 rings (SSSR count). The van der Waals surface area contributed by atoms with Crippen LogP contribution in [0.15, 0.2) is 48.5 Å². The largest absolute Gasteiger partial charge is 0.324 e. The number of halogens is 1. The molecule has 3 atom stereocenters. The van der Waals surface area contributed by atoms with E-state index in [0.29, 0.717) is 22.0 Å². The van der Waals surface area contributed by atoms with Crippen LogP contribution in [0.3, 0.4) is 0 Å². The molecule has 3 aliphatic heterocycles. The molecular weight excluding hydrogens is 354 g/mol. The molecule has 6 nitrogen and oxygen atoms in total. The van der Waals surface area contributed by atoms with Gasteiger partial charge in [0.25, 0.3) is 0 Å². The monoisotopic (exact) mass is 367 g/mol. The van der Waals surface area contributed by atoms with Crippen LogP contribution in [0.25, 0.3) is 0 Å². The molecule has 0 unspecified atom stereocenters. The normalized spacial score (nSPS) is 29.3. The molecule has 1 spiro atoms. The van der Waals surface area contributed by atoms with E-state index < -0.39 is 17.4 Å². The summed E-state index contributed by atoms with van der Waals surface area (Å²) >= 11 is 6.02. The molecule has 0 aliphatic carbocycles. The Morgan fingerprint density at radius 3 is 2.65 bits per heavy atom. The van der Waals surface area contributed by atoms with Gasteiger partial charge in [-0.3, -0.25) is 19.7 Å². The van der Waals surface area contributed by atoms with Crippen molar-refractivity contribution in [1.29, 1.82) is 0 Å². The van der Waals surface area contributed by atoms with Crippen molar-refractivity contribution in [2.24, 2.45) is 11.8 Å². The number of fused-ring (bicyclic) bond motifs is 4. The van der Waals surface area contributed by atoms with Gasteiger partial charge in [-0.1, -0.05) is 35.9 Å². The molecule has 0 radical (unpaired) electrons. The van der Waals surface area contributed by atoms with E-state index in [-0.39, 0.29) is 24.3 Å². The average molecular weight is 368 g/mol. The van der Waals surface area contributed by atoms with Gasteiger partial charge in [-0.2, -0.15) is 0 Å². The van der Waals surface area contributed by atoms with Crippen molar-refractivity contribution in [3.05, 3.63) is 59.1 Å². The minimum Gasteiger partial charge on any atom is -0.324 e. The first kappa shape index (κ1) is 15.5. The molecule has 2 aromatic carbocycles. The van der Waals surface area contributed by atoms with E-state index in [4.69, 9.17) is 11.6 Å².